The van der Waals surface area contributed by atoms with Gasteiger partial charge < -0.3 is 20.3 Å². The topological polar surface area (TPSA) is 81.8 Å². The van der Waals surface area contributed by atoms with E-state index < -0.39 is 5.97 Å². The van der Waals surface area contributed by atoms with Crippen LogP contribution in [0.2, 0.25) is 0 Å². The number of hydrogen-bond donors (Lipinski definition) is 2. The first kappa shape index (κ1) is 14.3. The maximum absolute atomic E-state index is 11.2. The molecule has 0 unspecified atom stereocenters. The van der Waals surface area contributed by atoms with Crippen molar-refractivity contribution in [1.29, 1.82) is 0 Å². The highest BCUT2D eigenvalue weighted by molar-refractivity contribution is 5.90. The van der Waals surface area contributed by atoms with E-state index in [9.17, 15) is 4.79 Å². The van der Waals surface area contributed by atoms with Gasteiger partial charge >= 0.3 is 5.97 Å². The number of rotatable bonds is 7. The first-order chi connectivity index (χ1) is 8.63. The molecule has 0 saturated heterocycles. The van der Waals surface area contributed by atoms with E-state index in [0.29, 0.717) is 43.2 Å². The molecule has 0 radical (unpaired) electrons. The highest BCUT2D eigenvalue weighted by atomic mass is 16.5. The molecule has 1 rings (SSSR count). The lowest BCUT2D eigenvalue weighted by Crippen LogP contribution is -2.10. The van der Waals surface area contributed by atoms with E-state index in [1.165, 1.54) is 6.07 Å². The number of aromatic carboxylic acids is 1. The molecule has 100 valence electrons. The summed E-state index contributed by atoms with van der Waals surface area (Å²) < 4.78 is 10.8. The first-order valence-electron chi connectivity index (χ1n) is 5.99. The van der Waals surface area contributed by atoms with Gasteiger partial charge in [0.05, 0.1) is 18.8 Å². The molecular weight excluding hydrogens is 234 g/mol. The van der Waals surface area contributed by atoms with Gasteiger partial charge in [-0.3, -0.25) is 0 Å². The molecule has 0 aliphatic heterocycles. The van der Waals surface area contributed by atoms with Crippen LogP contribution < -0.4 is 15.2 Å². The summed E-state index contributed by atoms with van der Waals surface area (Å²) in [7, 11) is 0. The van der Waals surface area contributed by atoms with Crippen LogP contribution in [0.3, 0.4) is 0 Å². The fourth-order valence-electron chi connectivity index (χ4n) is 1.70. The van der Waals surface area contributed by atoms with Crippen molar-refractivity contribution in [3.63, 3.8) is 0 Å². The van der Waals surface area contributed by atoms with Gasteiger partial charge in [-0.15, -0.1) is 0 Å². The minimum atomic E-state index is -0.984. The number of nitrogens with two attached hydrogens (primary N) is 1. The lowest BCUT2D eigenvalue weighted by Gasteiger charge is -2.14. The molecule has 0 aliphatic rings. The molecule has 3 N–H and O–H groups in total. The molecule has 1 aromatic rings. The van der Waals surface area contributed by atoms with Crippen LogP contribution in [0, 0.1) is 0 Å². The van der Waals surface area contributed by atoms with Crippen LogP contribution in [0.15, 0.2) is 12.1 Å². The van der Waals surface area contributed by atoms with Crippen molar-refractivity contribution in [2.75, 3.05) is 19.8 Å². The number of benzene rings is 1. The van der Waals surface area contributed by atoms with E-state index in [1.54, 1.807) is 6.07 Å². The van der Waals surface area contributed by atoms with Crippen LogP contribution >= 0.6 is 0 Å². The molecule has 0 saturated carbocycles. The minimum Gasteiger partial charge on any atom is -0.490 e. The normalized spacial score (nSPS) is 10.2. The zero-order chi connectivity index (χ0) is 13.5. The molecule has 5 heteroatoms. The van der Waals surface area contributed by atoms with Gasteiger partial charge in [0.25, 0.3) is 0 Å². The summed E-state index contributed by atoms with van der Waals surface area (Å²) in [5.41, 5.74) is 6.36. The molecule has 0 spiro atoms. The van der Waals surface area contributed by atoms with Crippen LogP contribution in [0.25, 0.3) is 0 Å². The molecule has 5 nitrogen and oxygen atoms in total. The Hall–Kier alpha value is -1.75. The van der Waals surface area contributed by atoms with E-state index in [4.69, 9.17) is 20.3 Å². The number of carboxylic acid groups (broad SMARTS) is 1. The smallest absolute Gasteiger partial charge is 0.336 e. The molecular formula is C13H19NO4. The van der Waals surface area contributed by atoms with Gasteiger partial charge in [-0.2, -0.15) is 0 Å². The standard InChI is InChI=1S/C13H19NO4/c1-3-17-11-7-9(5-6-14)10(13(15)16)8-12(11)18-4-2/h7-8H,3-6,14H2,1-2H3,(H,15,16). The van der Waals surface area contributed by atoms with Gasteiger partial charge in [-0.25, -0.2) is 4.79 Å². The fraction of sp³-hybridized carbons (Fsp3) is 0.462. The van der Waals surface area contributed by atoms with E-state index in [0.717, 1.165) is 0 Å². The molecule has 0 amide bonds. The molecule has 0 aromatic heterocycles. The van der Waals surface area contributed by atoms with Crippen molar-refractivity contribution in [3.8, 4) is 11.5 Å². The van der Waals surface area contributed by atoms with Gasteiger partial charge in [0.2, 0.25) is 0 Å². The summed E-state index contributed by atoms with van der Waals surface area (Å²) >= 11 is 0. The highest BCUT2D eigenvalue weighted by Gasteiger charge is 2.16. The zero-order valence-corrected chi connectivity index (χ0v) is 10.7. The summed E-state index contributed by atoms with van der Waals surface area (Å²) in [6.07, 6.45) is 0.494. The van der Waals surface area contributed by atoms with E-state index in [2.05, 4.69) is 0 Å². The van der Waals surface area contributed by atoms with Crippen molar-refractivity contribution in [2.45, 2.75) is 20.3 Å². The van der Waals surface area contributed by atoms with Crippen molar-refractivity contribution >= 4 is 5.97 Å². The second-order valence-corrected chi connectivity index (χ2v) is 3.67. The Kier molecular flexibility index (Phi) is 5.45. The third-order valence-electron chi connectivity index (χ3n) is 2.41. The lowest BCUT2D eigenvalue weighted by atomic mass is 10.0. The third-order valence-corrected chi connectivity index (χ3v) is 2.41. The van der Waals surface area contributed by atoms with Crippen LogP contribution in [0.1, 0.15) is 29.8 Å². The average Bonchev–Trinajstić information content (AvgIpc) is 2.32. The maximum Gasteiger partial charge on any atom is 0.336 e. The molecule has 0 heterocycles. The number of ether oxygens (including phenoxy) is 2. The summed E-state index contributed by atoms with van der Waals surface area (Å²) in [5.74, 6) is 0.0350. The van der Waals surface area contributed by atoms with E-state index >= 15 is 0 Å². The molecule has 18 heavy (non-hydrogen) atoms. The van der Waals surface area contributed by atoms with Crippen LogP contribution in [-0.4, -0.2) is 30.8 Å². The summed E-state index contributed by atoms with van der Waals surface area (Å²) in [4.78, 5) is 11.2. The Bertz CT molecular complexity index is 418. The molecule has 0 bridgehead atoms. The Labute approximate surface area is 107 Å². The Morgan fingerprint density at radius 1 is 1.22 bits per heavy atom. The van der Waals surface area contributed by atoms with Gasteiger partial charge in [0.1, 0.15) is 0 Å². The summed E-state index contributed by atoms with van der Waals surface area (Å²) in [5, 5.41) is 9.17. The van der Waals surface area contributed by atoms with Crippen LogP contribution in [0.5, 0.6) is 11.5 Å². The molecule has 0 aliphatic carbocycles. The third kappa shape index (κ3) is 3.37. The van der Waals surface area contributed by atoms with Gasteiger partial charge in [0.15, 0.2) is 11.5 Å². The second-order valence-electron chi connectivity index (χ2n) is 3.67. The Balaban J connectivity index is 3.25. The van der Waals surface area contributed by atoms with Gasteiger partial charge in [-0.05, 0) is 44.5 Å². The van der Waals surface area contributed by atoms with E-state index in [1.807, 2.05) is 13.8 Å². The van der Waals surface area contributed by atoms with Crippen molar-refractivity contribution in [3.05, 3.63) is 23.3 Å². The maximum atomic E-state index is 11.2. The average molecular weight is 253 g/mol. The Morgan fingerprint density at radius 2 is 1.78 bits per heavy atom. The predicted molar refractivity (Wildman–Crippen MR) is 68.5 cm³/mol. The molecule has 0 atom stereocenters. The fourth-order valence-corrected chi connectivity index (χ4v) is 1.70. The lowest BCUT2D eigenvalue weighted by molar-refractivity contribution is 0.0695. The SMILES string of the molecule is CCOc1cc(CCN)c(C(=O)O)cc1OCC. The van der Waals surface area contributed by atoms with Crippen molar-refractivity contribution < 1.29 is 19.4 Å². The van der Waals surface area contributed by atoms with Crippen LogP contribution in [-0.2, 0) is 6.42 Å². The summed E-state index contributed by atoms with van der Waals surface area (Å²) in [6.45, 7) is 5.04. The zero-order valence-electron chi connectivity index (χ0n) is 10.7. The number of carboxylic acids is 1. The van der Waals surface area contributed by atoms with Gasteiger partial charge in [0, 0.05) is 0 Å². The first-order valence-corrected chi connectivity index (χ1v) is 5.99. The number of hydrogen-bond acceptors (Lipinski definition) is 4. The molecule has 1 aromatic carbocycles. The molecule has 0 fully saturated rings. The second kappa shape index (κ2) is 6.86. The highest BCUT2D eigenvalue weighted by Crippen LogP contribution is 2.31. The van der Waals surface area contributed by atoms with Crippen molar-refractivity contribution in [1.82, 2.24) is 0 Å². The largest absolute Gasteiger partial charge is 0.490 e. The minimum absolute atomic E-state index is 0.215. The van der Waals surface area contributed by atoms with Gasteiger partial charge in [-0.1, -0.05) is 0 Å². The Morgan fingerprint density at radius 3 is 2.22 bits per heavy atom. The van der Waals surface area contributed by atoms with E-state index in [-0.39, 0.29) is 5.56 Å². The quantitative estimate of drug-likeness (QED) is 0.772. The number of carbonyl (C=O) groups is 1. The van der Waals surface area contributed by atoms with Crippen LogP contribution in [0.4, 0.5) is 0 Å². The predicted octanol–water partition coefficient (Wildman–Crippen LogP) is 1.68. The van der Waals surface area contributed by atoms with Crippen molar-refractivity contribution in [2.24, 2.45) is 5.73 Å². The summed E-state index contributed by atoms with van der Waals surface area (Å²) in [6, 6.07) is 3.20. The monoisotopic (exact) mass is 253 g/mol.